The second kappa shape index (κ2) is 5.13. The maximum Gasteiger partial charge on any atom is 0.317 e. The number of aliphatic carboxylic acids is 1. The zero-order valence-corrected chi connectivity index (χ0v) is 7.42. The number of hydrogen-bond acceptors (Lipinski definition) is 2. The number of nitrogens with one attached hydrogen (secondary N) is 1. The molecule has 11 heavy (non-hydrogen) atoms. The highest BCUT2D eigenvalue weighted by Gasteiger charge is 2.10. The number of hydrogen-bond donors (Lipinski definition) is 2. The highest BCUT2D eigenvalue weighted by Crippen LogP contribution is 2.04. The summed E-state index contributed by atoms with van der Waals surface area (Å²) in [6, 6.07) is 0.325. The second-order valence-corrected chi connectivity index (χ2v) is 3.03. The zero-order chi connectivity index (χ0) is 8.85. The first-order valence-corrected chi connectivity index (χ1v) is 4.03. The molecule has 0 saturated heterocycles. The minimum absolute atomic E-state index is 0.0662. The van der Waals surface area contributed by atoms with Gasteiger partial charge in [0.25, 0.3) is 0 Å². The van der Waals surface area contributed by atoms with Gasteiger partial charge in [0, 0.05) is 6.04 Å². The third-order valence-corrected chi connectivity index (χ3v) is 1.76. The van der Waals surface area contributed by atoms with Crippen molar-refractivity contribution in [3.63, 3.8) is 0 Å². The SMILES string of the molecule is CCC(NCC(=O)O)C(C)C. The number of carbonyl (C=O) groups is 1. The van der Waals surface area contributed by atoms with Crippen molar-refractivity contribution in [3.05, 3.63) is 0 Å². The van der Waals surface area contributed by atoms with E-state index in [0.717, 1.165) is 6.42 Å². The van der Waals surface area contributed by atoms with Gasteiger partial charge in [0.1, 0.15) is 0 Å². The van der Waals surface area contributed by atoms with Gasteiger partial charge < -0.3 is 10.4 Å². The number of carboxylic acids is 1. The van der Waals surface area contributed by atoms with E-state index >= 15 is 0 Å². The highest BCUT2D eigenvalue weighted by molar-refractivity contribution is 5.69. The molecule has 0 aliphatic heterocycles. The fourth-order valence-electron chi connectivity index (χ4n) is 1.07. The van der Waals surface area contributed by atoms with E-state index in [0.29, 0.717) is 12.0 Å². The molecule has 0 saturated carbocycles. The minimum atomic E-state index is -0.788. The lowest BCUT2D eigenvalue weighted by atomic mass is 10.0. The first-order chi connectivity index (χ1) is 5.07. The van der Waals surface area contributed by atoms with Crippen LogP contribution in [0.5, 0.6) is 0 Å². The summed E-state index contributed by atoms with van der Waals surface area (Å²) < 4.78 is 0. The van der Waals surface area contributed by atoms with Gasteiger partial charge in [-0.15, -0.1) is 0 Å². The van der Waals surface area contributed by atoms with Gasteiger partial charge in [0.05, 0.1) is 6.54 Å². The summed E-state index contributed by atoms with van der Waals surface area (Å²) in [5, 5.41) is 11.3. The summed E-state index contributed by atoms with van der Waals surface area (Å²) in [5.74, 6) is -0.288. The third-order valence-electron chi connectivity index (χ3n) is 1.76. The first kappa shape index (κ1) is 10.4. The van der Waals surface area contributed by atoms with Crippen LogP contribution in [0.2, 0.25) is 0 Å². The molecule has 2 N–H and O–H groups in total. The van der Waals surface area contributed by atoms with Crippen molar-refractivity contribution in [3.8, 4) is 0 Å². The van der Waals surface area contributed by atoms with E-state index in [1.165, 1.54) is 0 Å². The fraction of sp³-hybridized carbons (Fsp3) is 0.875. The van der Waals surface area contributed by atoms with E-state index in [2.05, 4.69) is 26.1 Å². The van der Waals surface area contributed by atoms with Crippen LogP contribution < -0.4 is 5.32 Å². The maximum atomic E-state index is 10.2. The topological polar surface area (TPSA) is 49.3 Å². The van der Waals surface area contributed by atoms with E-state index in [-0.39, 0.29) is 6.54 Å². The van der Waals surface area contributed by atoms with E-state index < -0.39 is 5.97 Å². The number of rotatable bonds is 5. The van der Waals surface area contributed by atoms with Crippen molar-refractivity contribution in [2.75, 3.05) is 6.54 Å². The summed E-state index contributed by atoms with van der Waals surface area (Å²) in [6.45, 7) is 6.29. The Balaban J connectivity index is 3.61. The van der Waals surface area contributed by atoms with Crippen molar-refractivity contribution in [2.45, 2.75) is 33.2 Å². The third kappa shape index (κ3) is 4.79. The van der Waals surface area contributed by atoms with Crippen molar-refractivity contribution in [1.82, 2.24) is 5.32 Å². The lowest BCUT2D eigenvalue weighted by molar-refractivity contribution is -0.136. The van der Waals surface area contributed by atoms with Crippen LogP contribution in [-0.4, -0.2) is 23.7 Å². The highest BCUT2D eigenvalue weighted by atomic mass is 16.4. The Bertz CT molecular complexity index is 123. The van der Waals surface area contributed by atoms with Gasteiger partial charge >= 0.3 is 5.97 Å². The predicted octanol–water partition coefficient (Wildman–Crippen LogP) is 1.10. The Hall–Kier alpha value is -0.570. The lowest BCUT2D eigenvalue weighted by Crippen LogP contribution is -2.36. The Morgan fingerprint density at radius 1 is 1.55 bits per heavy atom. The van der Waals surface area contributed by atoms with Crippen LogP contribution in [-0.2, 0) is 4.79 Å². The minimum Gasteiger partial charge on any atom is -0.480 e. The molecule has 0 spiro atoms. The Kier molecular flexibility index (Phi) is 4.86. The Morgan fingerprint density at radius 2 is 2.09 bits per heavy atom. The molecule has 3 nitrogen and oxygen atoms in total. The molecular formula is C8H17NO2. The average Bonchev–Trinajstić information content (AvgIpc) is 1.87. The predicted molar refractivity (Wildman–Crippen MR) is 44.6 cm³/mol. The van der Waals surface area contributed by atoms with Crippen LogP contribution in [0.25, 0.3) is 0 Å². The molecule has 0 fully saturated rings. The summed E-state index contributed by atoms with van der Waals surface area (Å²) in [4.78, 5) is 10.2. The van der Waals surface area contributed by atoms with Crippen molar-refractivity contribution in [2.24, 2.45) is 5.92 Å². The zero-order valence-electron chi connectivity index (χ0n) is 7.42. The molecule has 0 aromatic carbocycles. The van der Waals surface area contributed by atoms with Crippen molar-refractivity contribution in [1.29, 1.82) is 0 Å². The monoisotopic (exact) mass is 159 g/mol. The quantitative estimate of drug-likeness (QED) is 0.631. The summed E-state index contributed by atoms with van der Waals surface area (Å²) >= 11 is 0. The Labute approximate surface area is 67.8 Å². The van der Waals surface area contributed by atoms with Gasteiger partial charge in [-0.1, -0.05) is 20.8 Å². The molecule has 0 aromatic heterocycles. The van der Waals surface area contributed by atoms with Gasteiger partial charge in [-0.2, -0.15) is 0 Å². The van der Waals surface area contributed by atoms with Crippen LogP contribution in [0.3, 0.4) is 0 Å². The molecular weight excluding hydrogens is 142 g/mol. The second-order valence-electron chi connectivity index (χ2n) is 3.03. The molecule has 0 aliphatic rings. The molecule has 0 radical (unpaired) electrons. The first-order valence-electron chi connectivity index (χ1n) is 4.03. The van der Waals surface area contributed by atoms with Gasteiger partial charge in [0.2, 0.25) is 0 Å². The molecule has 0 heterocycles. The molecule has 1 atom stereocenters. The van der Waals surface area contributed by atoms with Crippen LogP contribution in [0.4, 0.5) is 0 Å². The fourth-order valence-corrected chi connectivity index (χ4v) is 1.07. The van der Waals surface area contributed by atoms with E-state index in [4.69, 9.17) is 5.11 Å². The van der Waals surface area contributed by atoms with Crippen LogP contribution in [0.15, 0.2) is 0 Å². The van der Waals surface area contributed by atoms with Crippen LogP contribution >= 0.6 is 0 Å². The van der Waals surface area contributed by atoms with Crippen LogP contribution in [0, 0.1) is 5.92 Å². The van der Waals surface area contributed by atoms with E-state index in [1.54, 1.807) is 0 Å². The molecule has 0 aromatic rings. The van der Waals surface area contributed by atoms with Crippen LogP contribution in [0.1, 0.15) is 27.2 Å². The van der Waals surface area contributed by atoms with Gasteiger partial charge in [-0.05, 0) is 12.3 Å². The van der Waals surface area contributed by atoms with Crippen molar-refractivity contribution < 1.29 is 9.90 Å². The van der Waals surface area contributed by atoms with E-state index in [1.807, 2.05) is 0 Å². The molecule has 0 bridgehead atoms. The smallest absolute Gasteiger partial charge is 0.317 e. The van der Waals surface area contributed by atoms with Crippen molar-refractivity contribution >= 4 is 5.97 Å². The molecule has 0 rings (SSSR count). The standard InChI is InChI=1S/C8H17NO2/c1-4-7(6(2)3)9-5-8(10)11/h6-7,9H,4-5H2,1-3H3,(H,10,11). The summed E-state index contributed by atoms with van der Waals surface area (Å²) in [6.07, 6.45) is 0.977. The molecule has 0 aliphatic carbocycles. The molecule has 3 heteroatoms. The molecule has 0 amide bonds. The lowest BCUT2D eigenvalue weighted by Gasteiger charge is -2.19. The largest absolute Gasteiger partial charge is 0.480 e. The normalized spacial score (nSPS) is 13.5. The van der Waals surface area contributed by atoms with E-state index in [9.17, 15) is 4.79 Å². The molecule has 66 valence electrons. The number of carboxylic acid groups (broad SMARTS) is 1. The summed E-state index contributed by atoms with van der Waals surface area (Å²) in [5.41, 5.74) is 0. The Morgan fingerprint density at radius 3 is 2.36 bits per heavy atom. The van der Waals surface area contributed by atoms with Gasteiger partial charge in [-0.3, -0.25) is 4.79 Å². The average molecular weight is 159 g/mol. The van der Waals surface area contributed by atoms with Gasteiger partial charge in [-0.25, -0.2) is 0 Å². The molecule has 1 unspecified atom stereocenters. The summed E-state index contributed by atoms with van der Waals surface area (Å²) in [7, 11) is 0. The maximum absolute atomic E-state index is 10.2. The van der Waals surface area contributed by atoms with Gasteiger partial charge in [0.15, 0.2) is 0 Å².